The number of ketones is 1. The lowest BCUT2D eigenvalue weighted by atomic mass is 10.2. The van der Waals surface area contributed by atoms with Gasteiger partial charge >= 0.3 is 0 Å². The van der Waals surface area contributed by atoms with Crippen LogP contribution in [0.4, 0.5) is 0 Å². The van der Waals surface area contributed by atoms with E-state index < -0.39 is 0 Å². The molecule has 0 aliphatic rings. The number of carbonyl (C=O) groups excluding carboxylic acids is 1. The fourth-order valence-corrected chi connectivity index (χ4v) is 2.83. The van der Waals surface area contributed by atoms with Crippen molar-refractivity contribution in [3.05, 3.63) is 52.3 Å². The van der Waals surface area contributed by atoms with E-state index in [4.69, 9.17) is 0 Å². The van der Waals surface area contributed by atoms with Crippen molar-refractivity contribution in [3.63, 3.8) is 0 Å². The first-order valence-corrected chi connectivity index (χ1v) is 8.41. The number of pyridine rings is 1. The van der Waals surface area contributed by atoms with Gasteiger partial charge in [0.15, 0.2) is 5.78 Å². The maximum absolute atomic E-state index is 12.3. The maximum atomic E-state index is 12.3. The fraction of sp³-hybridized carbons (Fsp3) is 0.214. The molecule has 0 N–H and O–H groups in total. The zero-order valence-corrected chi connectivity index (χ0v) is 13.2. The summed E-state index contributed by atoms with van der Waals surface area (Å²) in [5.41, 5.74) is 2.18. The van der Waals surface area contributed by atoms with Crippen molar-refractivity contribution in [2.45, 2.75) is 6.92 Å². The second kappa shape index (κ2) is 6.76. The average Bonchev–Trinajstić information content (AvgIpc) is 2.87. The van der Waals surface area contributed by atoms with Gasteiger partial charge in [-0.25, -0.2) is 4.68 Å². The number of hydrogen-bond acceptors (Lipinski definition) is 5. The third kappa shape index (κ3) is 3.32. The van der Waals surface area contributed by atoms with Crippen molar-refractivity contribution in [2.24, 2.45) is 0 Å². The minimum Gasteiger partial charge on any atom is -0.289 e. The van der Waals surface area contributed by atoms with Gasteiger partial charge in [-0.1, -0.05) is 0 Å². The molecule has 0 bridgehead atoms. The third-order valence-electron chi connectivity index (χ3n) is 2.73. The summed E-state index contributed by atoms with van der Waals surface area (Å²) in [7, 11) is 0. The van der Waals surface area contributed by atoms with Gasteiger partial charge in [0.25, 0.3) is 0 Å². The molecular formula is C14H15N3OS2. The van der Waals surface area contributed by atoms with Crippen LogP contribution in [0.3, 0.4) is 0 Å². The zero-order chi connectivity index (χ0) is 14.5. The normalized spacial score (nSPS) is 10.3. The Kier molecular flexibility index (Phi) is 5.03. The fourth-order valence-electron chi connectivity index (χ4n) is 1.71. The van der Waals surface area contributed by atoms with E-state index in [0.29, 0.717) is 5.56 Å². The molecule has 0 saturated carbocycles. The van der Waals surface area contributed by atoms with Gasteiger partial charge in [0.05, 0.1) is 23.1 Å². The second-order valence-electron chi connectivity index (χ2n) is 4.02. The number of hydrogen-bond donors (Lipinski definition) is 0. The van der Waals surface area contributed by atoms with Crippen LogP contribution in [-0.2, 0) is 0 Å². The van der Waals surface area contributed by atoms with Crippen molar-refractivity contribution < 1.29 is 4.79 Å². The highest BCUT2D eigenvalue weighted by atomic mass is 32.2. The summed E-state index contributed by atoms with van der Waals surface area (Å²) in [5.74, 6) is -0.0173. The molecule has 2 rings (SSSR count). The number of carbonyl (C=O) groups is 1. The van der Waals surface area contributed by atoms with Crippen LogP contribution in [0.15, 0.2) is 41.0 Å². The minimum absolute atomic E-state index is 0.0173. The lowest BCUT2D eigenvalue weighted by Gasteiger charge is -1.98. The van der Waals surface area contributed by atoms with E-state index in [1.54, 1.807) is 52.9 Å². The highest BCUT2D eigenvalue weighted by Crippen LogP contribution is 2.24. The molecule has 104 valence electrons. The van der Waals surface area contributed by atoms with E-state index in [-0.39, 0.29) is 5.78 Å². The first kappa shape index (κ1) is 14.9. The standard InChI is InChI=1S/C14H15N3OS2/c1-10-12(13(18)7-14(19-2)20-3)9-17(16-10)11-5-4-6-15-8-11/h4-9H,1-3H3. The Labute approximate surface area is 126 Å². The Morgan fingerprint density at radius 3 is 2.70 bits per heavy atom. The molecule has 0 unspecified atom stereocenters. The van der Waals surface area contributed by atoms with E-state index in [0.717, 1.165) is 15.6 Å². The predicted molar refractivity (Wildman–Crippen MR) is 85.5 cm³/mol. The van der Waals surface area contributed by atoms with Gasteiger partial charge in [0, 0.05) is 22.7 Å². The van der Waals surface area contributed by atoms with Crippen LogP contribution in [0.2, 0.25) is 0 Å². The lowest BCUT2D eigenvalue weighted by Crippen LogP contribution is -1.96. The summed E-state index contributed by atoms with van der Waals surface area (Å²) in [4.78, 5) is 16.3. The van der Waals surface area contributed by atoms with Crippen LogP contribution in [0.1, 0.15) is 16.1 Å². The van der Waals surface area contributed by atoms with Crippen LogP contribution in [0, 0.1) is 6.92 Å². The van der Waals surface area contributed by atoms with Crippen LogP contribution >= 0.6 is 23.5 Å². The van der Waals surface area contributed by atoms with Gasteiger partial charge in [0.2, 0.25) is 0 Å². The number of aryl methyl sites for hydroxylation is 1. The molecule has 6 heteroatoms. The van der Waals surface area contributed by atoms with Gasteiger partial charge in [0.1, 0.15) is 0 Å². The van der Waals surface area contributed by atoms with E-state index >= 15 is 0 Å². The van der Waals surface area contributed by atoms with Crippen molar-refractivity contribution in [1.29, 1.82) is 0 Å². The summed E-state index contributed by atoms with van der Waals surface area (Å²) in [5, 5.41) is 4.37. The van der Waals surface area contributed by atoms with Gasteiger partial charge in [-0.3, -0.25) is 9.78 Å². The quantitative estimate of drug-likeness (QED) is 0.626. The first-order valence-electron chi connectivity index (χ1n) is 5.96. The number of aromatic nitrogens is 3. The zero-order valence-electron chi connectivity index (χ0n) is 11.5. The Hall–Kier alpha value is -1.53. The predicted octanol–water partition coefficient (Wildman–Crippen LogP) is 3.33. The van der Waals surface area contributed by atoms with E-state index in [1.165, 1.54) is 0 Å². The topological polar surface area (TPSA) is 47.8 Å². The molecule has 2 heterocycles. The first-order chi connectivity index (χ1) is 9.65. The monoisotopic (exact) mass is 305 g/mol. The molecule has 0 aliphatic heterocycles. The van der Waals surface area contributed by atoms with Gasteiger partial charge in [-0.05, 0) is 31.6 Å². The minimum atomic E-state index is -0.0173. The molecule has 20 heavy (non-hydrogen) atoms. The summed E-state index contributed by atoms with van der Waals surface area (Å²) in [6, 6.07) is 3.74. The summed E-state index contributed by atoms with van der Waals surface area (Å²) < 4.78 is 2.67. The highest BCUT2D eigenvalue weighted by Gasteiger charge is 2.13. The van der Waals surface area contributed by atoms with Crippen LogP contribution < -0.4 is 0 Å². The molecule has 0 fully saturated rings. The van der Waals surface area contributed by atoms with E-state index in [9.17, 15) is 4.79 Å². The summed E-state index contributed by atoms with van der Waals surface area (Å²) in [6.07, 6.45) is 10.8. The van der Waals surface area contributed by atoms with E-state index in [2.05, 4.69) is 10.1 Å². The van der Waals surface area contributed by atoms with Crippen LogP contribution in [0.25, 0.3) is 5.69 Å². The SMILES string of the molecule is CSC(=CC(=O)c1cn(-c2cccnc2)nc1C)SC. The number of allylic oxidation sites excluding steroid dienone is 1. The Morgan fingerprint density at radius 2 is 2.10 bits per heavy atom. The number of nitrogens with zero attached hydrogens (tertiary/aromatic N) is 3. The molecule has 0 amide bonds. The largest absolute Gasteiger partial charge is 0.289 e. The Morgan fingerprint density at radius 1 is 1.35 bits per heavy atom. The Bertz CT molecular complexity index is 629. The molecule has 0 atom stereocenters. The second-order valence-corrected chi connectivity index (χ2v) is 5.97. The lowest BCUT2D eigenvalue weighted by molar-refractivity contribution is 0.104. The maximum Gasteiger partial charge on any atom is 0.190 e. The highest BCUT2D eigenvalue weighted by molar-refractivity contribution is 8.21. The van der Waals surface area contributed by atoms with Gasteiger partial charge in [-0.15, -0.1) is 23.5 Å². The number of rotatable bonds is 5. The molecule has 4 nitrogen and oxygen atoms in total. The molecule has 0 saturated heterocycles. The van der Waals surface area contributed by atoms with Crippen LogP contribution in [-0.4, -0.2) is 33.1 Å². The average molecular weight is 305 g/mol. The van der Waals surface area contributed by atoms with E-state index in [1.807, 2.05) is 31.6 Å². The molecule has 2 aromatic heterocycles. The molecule has 0 radical (unpaired) electrons. The number of thioether (sulfide) groups is 2. The Balaban J connectivity index is 2.33. The molecular weight excluding hydrogens is 290 g/mol. The molecule has 0 spiro atoms. The van der Waals surface area contributed by atoms with Crippen molar-refractivity contribution in [1.82, 2.24) is 14.8 Å². The molecule has 0 aromatic carbocycles. The van der Waals surface area contributed by atoms with Crippen molar-refractivity contribution >= 4 is 29.3 Å². The summed E-state index contributed by atoms with van der Waals surface area (Å²) in [6.45, 7) is 1.84. The smallest absolute Gasteiger partial charge is 0.190 e. The molecule has 0 aliphatic carbocycles. The molecule has 2 aromatic rings. The van der Waals surface area contributed by atoms with Gasteiger partial charge < -0.3 is 0 Å². The van der Waals surface area contributed by atoms with Crippen LogP contribution in [0.5, 0.6) is 0 Å². The van der Waals surface area contributed by atoms with Crippen molar-refractivity contribution in [3.8, 4) is 5.69 Å². The summed E-state index contributed by atoms with van der Waals surface area (Å²) >= 11 is 3.14. The third-order valence-corrected chi connectivity index (χ3v) is 4.77. The van der Waals surface area contributed by atoms with Gasteiger partial charge in [-0.2, -0.15) is 5.10 Å². The van der Waals surface area contributed by atoms with Crippen molar-refractivity contribution in [2.75, 3.05) is 12.5 Å².